The summed E-state index contributed by atoms with van der Waals surface area (Å²) >= 11 is 0. The van der Waals surface area contributed by atoms with Crippen LogP contribution in [0.2, 0.25) is 0 Å². The number of phosphoric ester groups is 2. The summed E-state index contributed by atoms with van der Waals surface area (Å²) in [5.41, 5.74) is 0. The Labute approximate surface area is 537 Å². The van der Waals surface area contributed by atoms with E-state index < -0.39 is 97.5 Å². The van der Waals surface area contributed by atoms with Gasteiger partial charge in [-0.3, -0.25) is 37.3 Å². The first-order chi connectivity index (χ1) is 42.4. The van der Waals surface area contributed by atoms with Crippen LogP contribution >= 0.6 is 15.6 Å². The van der Waals surface area contributed by atoms with Crippen molar-refractivity contribution < 1.29 is 80.2 Å². The largest absolute Gasteiger partial charge is 0.472 e. The average Bonchev–Trinajstić information content (AvgIpc) is 3.59. The third-order valence-electron chi connectivity index (χ3n) is 16.0. The van der Waals surface area contributed by atoms with E-state index in [0.29, 0.717) is 25.7 Å². The van der Waals surface area contributed by atoms with Crippen molar-refractivity contribution in [2.45, 2.75) is 368 Å². The molecule has 0 bridgehead atoms. The molecule has 0 heterocycles. The van der Waals surface area contributed by atoms with Crippen LogP contribution in [0.25, 0.3) is 0 Å². The van der Waals surface area contributed by atoms with Gasteiger partial charge in [0.25, 0.3) is 0 Å². The molecule has 0 amide bonds. The van der Waals surface area contributed by atoms with E-state index in [0.717, 1.165) is 102 Å². The van der Waals surface area contributed by atoms with Crippen LogP contribution in [-0.2, 0) is 65.4 Å². The minimum atomic E-state index is -4.95. The van der Waals surface area contributed by atoms with Gasteiger partial charge in [0.1, 0.15) is 19.3 Å². The molecule has 5 atom stereocenters. The van der Waals surface area contributed by atoms with Gasteiger partial charge in [0.05, 0.1) is 26.4 Å². The highest BCUT2D eigenvalue weighted by Crippen LogP contribution is 2.45. The lowest BCUT2D eigenvalue weighted by Crippen LogP contribution is -2.30. The normalized spacial score (nSPS) is 14.2. The molecule has 3 N–H and O–H groups in total. The van der Waals surface area contributed by atoms with Crippen LogP contribution in [0.3, 0.4) is 0 Å². The van der Waals surface area contributed by atoms with E-state index in [1.54, 1.807) is 0 Å². The minimum absolute atomic E-state index is 0.105. The molecule has 88 heavy (non-hydrogen) atoms. The molecule has 0 radical (unpaired) electrons. The maximum absolute atomic E-state index is 13.0. The second-order valence-corrected chi connectivity index (χ2v) is 28.8. The highest BCUT2D eigenvalue weighted by Gasteiger charge is 2.30. The van der Waals surface area contributed by atoms with Crippen molar-refractivity contribution in [1.82, 2.24) is 0 Å². The summed E-state index contributed by atoms with van der Waals surface area (Å²) in [4.78, 5) is 72.5. The van der Waals surface area contributed by atoms with Crippen LogP contribution in [0.4, 0.5) is 0 Å². The molecule has 19 heteroatoms. The molecule has 17 nitrogen and oxygen atoms in total. The second-order valence-electron chi connectivity index (χ2n) is 25.9. The molecule has 0 aliphatic rings. The van der Waals surface area contributed by atoms with Gasteiger partial charge in [0.15, 0.2) is 12.2 Å². The summed E-state index contributed by atoms with van der Waals surface area (Å²) in [6, 6.07) is 0. The molecular formula is C69H134O17P2. The van der Waals surface area contributed by atoms with Crippen LogP contribution in [0.5, 0.6) is 0 Å². The number of rotatable bonds is 68. The summed E-state index contributed by atoms with van der Waals surface area (Å²) in [6.07, 6.45) is 45.7. The number of esters is 4. The topological polar surface area (TPSA) is 237 Å². The molecular weight excluding hydrogens is 1160 g/mol. The maximum atomic E-state index is 13.0. The van der Waals surface area contributed by atoms with Gasteiger partial charge in [0, 0.05) is 25.7 Å². The minimum Gasteiger partial charge on any atom is -0.462 e. The first-order valence-corrected chi connectivity index (χ1v) is 39.0. The Morgan fingerprint density at radius 1 is 0.307 bits per heavy atom. The Hall–Kier alpha value is -1.94. The van der Waals surface area contributed by atoms with Gasteiger partial charge in [-0.15, -0.1) is 0 Å². The highest BCUT2D eigenvalue weighted by atomic mass is 31.2. The fourth-order valence-corrected chi connectivity index (χ4v) is 12.0. The number of carbonyl (C=O) groups excluding carboxylic acids is 4. The molecule has 0 aliphatic heterocycles. The van der Waals surface area contributed by atoms with E-state index in [-0.39, 0.29) is 25.7 Å². The van der Waals surface area contributed by atoms with E-state index in [1.165, 1.54) is 167 Å². The van der Waals surface area contributed by atoms with Crippen molar-refractivity contribution in [2.75, 3.05) is 39.6 Å². The predicted octanol–water partition coefficient (Wildman–Crippen LogP) is 19.6. The van der Waals surface area contributed by atoms with Crippen LogP contribution < -0.4 is 0 Å². The Kier molecular flexibility index (Phi) is 59.9. The quantitative estimate of drug-likeness (QED) is 0.0222. The van der Waals surface area contributed by atoms with E-state index in [2.05, 4.69) is 41.5 Å². The number of carbonyl (C=O) groups is 4. The smallest absolute Gasteiger partial charge is 0.462 e. The molecule has 2 unspecified atom stereocenters. The zero-order valence-corrected chi connectivity index (χ0v) is 58.8. The summed E-state index contributed by atoms with van der Waals surface area (Å²) in [5.74, 6) is -0.649. The van der Waals surface area contributed by atoms with Crippen molar-refractivity contribution in [3.8, 4) is 0 Å². The average molecular weight is 1300 g/mol. The molecule has 522 valence electrons. The van der Waals surface area contributed by atoms with Crippen LogP contribution in [0.1, 0.15) is 350 Å². The fourth-order valence-electron chi connectivity index (χ4n) is 10.4. The van der Waals surface area contributed by atoms with Crippen LogP contribution in [0.15, 0.2) is 0 Å². The van der Waals surface area contributed by atoms with E-state index >= 15 is 0 Å². The summed E-state index contributed by atoms with van der Waals surface area (Å²) in [7, 11) is -9.90. The molecule has 0 rings (SSSR count). The van der Waals surface area contributed by atoms with Crippen molar-refractivity contribution in [3.05, 3.63) is 0 Å². The van der Waals surface area contributed by atoms with Gasteiger partial charge in [-0.25, -0.2) is 9.13 Å². The van der Waals surface area contributed by atoms with E-state index in [9.17, 15) is 43.2 Å². The Morgan fingerprint density at radius 3 is 0.773 bits per heavy atom. The van der Waals surface area contributed by atoms with Crippen molar-refractivity contribution in [1.29, 1.82) is 0 Å². The van der Waals surface area contributed by atoms with Gasteiger partial charge in [-0.05, 0) is 37.5 Å². The van der Waals surface area contributed by atoms with Crippen LogP contribution in [-0.4, -0.2) is 96.7 Å². The lowest BCUT2D eigenvalue weighted by Gasteiger charge is -2.21. The van der Waals surface area contributed by atoms with Gasteiger partial charge >= 0.3 is 39.5 Å². The first-order valence-electron chi connectivity index (χ1n) is 36.0. The third-order valence-corrected chi connectivity index (χ3v) is 17.9. The van der Waals surface area contributed by atoms with Crippen molar-refractivity contribution in [3.63, 3.8) is 0 Å². The Bertz CT molecular complexity index is 1720. The summed E-state index contributed by atoms with van der Waals surface area (Å²) in [6.45, 7) is 9.49. The van der Waals surface area contributed by atoms with Gasteiger partial charge in [-0.1, -0.05) is 298 Å². The Morgan fingerprint density at radius 2 is 0.523 bits per heavy atom. The SMILES string of the molecule is CCCCCCCCCCCCCCCCC(=O)O[C@H](COC(=O)CCCCCCCCCCCCC(C)C)COP(=O)(O)OC[C@@H](O)COP(=O)(O)OC[C@@H](COC(=O)CCCCCCCCCCCC)OC(=O)CCCCCCCCCCC(C)C. The fraction of sp³-hybridized carbons (Fsp3) is 0.942. The second kappa shape index (κ2) is 61.3. The molecule has 0 aliphatic carbocycles. The zero-order chi connectivity index (χ0) is 65.0. The number of ether oxygens (including phenoxy) is 4. The van der Waals surface area contributed by atoms with E-state index in [1.807, 2.05) is 0 Å². The van der Waals surface area contributed by atoms with Gasteiger partial charge < -0.3 is 33.8 Å². The number of unbranched alkanes of at least 4 members (excludes halogenated alkanes) is 38. The third kappa shape index (κ3) is 62.8. The van der Waals surface area contributed by atoms with Crippen LogP contribution in [0, 0.1) is 11.8 Å². The maximum Gasteiger partial charge on any atom is 0.472 e. The van der Waals surface area contributed by atoms with Crippen molar-refractivity contribution in [2.24, 2.45) is 11.8 Å². The number of aliphatic hydroxyl groups is 1. The first kappa shape index (κ1) is 86.1. The molecule has 0 aromatic carbocycles. The monoisotopic (exact) mass is 1300 g/mol. The predicted molar refractivity (Wildman–Crippen MR) is 354 cm³/mol. The number of phosphoric acid groups is 2. The number of hydrogen-bond acceptors (Lipinski definition) is 15. The van der Waals surface area contributed by atoms with Gasteiger partial charge in [0.2, 0.25) is 0 Å². The highest BCUT2D eigenvalue weighted by molar-refractivity contribution is 7.47. The molecule has 0 aromatic rings. The molecule has 0 fully saturated rings. The number of hydrogen-bond donors (Lipinski definition) is 3. The number of aliphatic hydroxyl groups excluding tert-OH is 1. The zero-order valence-electron chi connectivity index (χ0n) is 57.0. The molecule has 0 spiro atoms. The Balaban J connectivity index is 5.25. The lowest BCUT2D eigenvalue weighted by molar-refractivity contribution is -0.161. The van der Waals surface area contributed by atoms with E-state index in [4.69, 9.17) is 37.0 Å². The summed E-state index contributed by atoms with van der Waals surface area (Å²) < 4.78 is 68.2. The lowest BCUT2D eigenvalue weighted by atomic mass is 10.0. The van der Waals surface area contributed by atoms with Gasteiger partial charge in [-0.2, -0.15) is 0 Å². The standard InChI is InChI=1S/C69H134O17P2/c1-7-9-11-13-15-17-19-20-21-22-28-35-41-47-53-68(73)85-64(57-80-67(72)52-46-40-34-27-24-23-25-31-37-43-49-61(3)4)59-83-87(75,76)81-55-63(70)56-82-88(77,78)84-60-65(58-79-66(71)51-45-39-33-26-18-16-14-12-10-8-2)86-69(74)54-48-42-36-30-29-32-38-44-50-62(5)6/h61-65,70H,7-60H2,1-6H3,(H,75,76)(H,77,78)/t63-,64-,65-/m1/s1. The van der Waals surface area contributed by atoms with Crippen molar-refractivity contribution >= 4 is 39.5 Å². The summed E-state index contributed by atoms with van der Waals surface area (Å²) in [5, 5.41) is 10.6. The molecule has 0 saturated heterocycles. The molecule has 0 saturated carbocycles. The molecule has 0 aromatic heterocycles.